The highest BCUT2D eigenvalue weighted by Crippen LogP contribution is 2.29. The highest BCUT2D eigenvalue weighted by Gasteiger charge is 2.28. The molecular formula is C21H36ClN3O4. The van der Waals surface area contributed by atoms with E-state index in [9.17, 15) is 4.79 Å². The van der Waals surface area contributed by atoms with E-state index in [0.29, 0.717) is 50.3 Å². The third-order valence-electron chi connectivity index (χ3n) is 4.81. The fourth-order valence-electron chi connectivity index (χ4n) is 3.41. The summed E-state index contributed by atoms with van der Waals surface area (Å²) in [5.41, 5.74) is 1.73. The molecule has 1 aliphatic rings. The summed E-state index contributed by atoms with van der Waals surface area (Å²) in [5, 5.41) is 0.404. The second-order valence-corrected chi connectivity index (χ2v) is 7.22. The Morgan fingerprint density at radius 3 is 2.28 bits per heavy atom. The zero-order chi connectivity index (χ0) is 21.8. The van der Waals surface area contributed by atoms with Gasteiger partial charge in [-0.2, -0.15) is 0 Å². The van der Waals surface area contributed by atoms with Crippen molar-refractivity contribution in [1.29, 1.82) is 0 Å². The molecule has 0 bridgehead atoms. The average Bonchev–Trinajstić information content (AvgIpc) is 2.72. The summed E-state index contributed by atoms with van der Waals surface area (Å²) < 4.78 is 15.7. The molecule has 0 aromatic carbocycles. The molecule has 0 radical (unpaired) electrons. The lowest BCUT2D eigenvalue weighted by atomic mass is 9.97. The number of anilines is 1. The van der Waals surface area contributed by atoms with Gasteiger partial charge in [0.05, 0.1) is 37.1 Å². The Kier molecular flexibility index (Phi) is 12.1. The van der Waals surface area contributed by atoms with E-state index in [1.54, 1.807) is 14.2 Å². The third kappa shape index (κ3) is 7.72. The number of halogens is 1. The maximum absolute atomic E-state index is 11.9. The van der Waals surface area contributed by atoms with Crippen molar-refractivity contribution in [3.8, 4) is 0 Å². The predicted octanol–water partition coefficient (Wildman–Crippen LogP) is 3.70. The monoisotopic (exact) mass is 429 g/mol. The van der Waals surface area contributed by atoms with Gasteiger partial charge in [0.25, 0.3) is 0 Å². The Hall–Kier alpha value is -1.44. The van der Waals surface area contributed by atoms with Crippen LogP contribution in [0.4, 0.5) is 5.82 Å². The van der Waals surface area contributed by atoms with Crippen molar-refractivity contribution in [3.05, 3.63) is 16.5 Å². The van der Waals surface area contributed by atoms with E-state index in [1.165, 1.54) is 0 Å². The second-order valence-electron chi connectivity index (χ2n) is 6.86. The zero-order valence-corrected chi connectivity index (χ0v) is 19.4. The average molecular weight is 430 g/mol. The Morgan fingerprint density at radius 1 is 1.17 bits per heavy atom. The summed E-state index contributed by atoms with van der Waals surface area (Å²) in [6.07, 6.45) is 2.18. The standard InChI is InChI=1S/C19H30ClN3O4.C2H6/c1-5-27-19(24)15-6-8-23(9-7-15)18-17(20)21-13(2)16(22-18)10-14(11-25-3)12-26-4;1-2/h14-15H,5-12H2,1-4H3;1-2H3. The number of hydrogen-bond acceptors (Lipinski definition) is 7. The Morgan fingerprint density at radius 2 is 1.76 bits per heavy atom. The summed E-state index contributed by atoms with van der Waals surface area (Å²) in [7, 11) is 3.37. The van der Waals surface area contributed by atoms with Crippen LogP contribution in [-0.4, -0.2) is 63.1 Å². The molecule has 0 atom stereocenters. The molecule has 8 heteroatoms. The van der Waals surface area contributed by atoms with Gasteiger partial charge < -0.3 is 19.1 Å². The normalized spacial score (nSPS) is 14.6. The van der Waals surface area contributed by atoms with E-state index in [0.717, 1.165) is 24.2 Å². The minimum Gasteiger partial charge on any atom is -0.466 e. The molecule has 2 rings (SSSR count). The van der Waals surface area contributed by atoms with E-state index in [-0.39, 0.29) is 17.8 Å². The van der Waals surface area contributed by atoms with Gasteiger partial charge in [-0.15, -0.1) is 0 Å². The van der Waals surface area contributed by atoms with Crippen LogP contribution in [0.3, 0.4) is 0 Å². The van der Waals surface area contributed by atoms with Crippen LogP contribution in [0.25, 0.3) is 0 Å². The second kappa shape index (κ2) is 13.7. The first-order valence-electron chi connectivity index (χ1n) is 10.4. The summed E-state index contributed by atoms with van der Waals surface area (Å²) in [5.74, 6) is 0.733. The van der Waals surface area contributed by atoms with E-state index < -0.39 is 0 Å². The largest absolute Gasteiger partial charge is 0.466 e. The number of rotatable bonds is 9. The minimum absolute atomic E-state index is 0.0503. The maximum atomic E-state index is 11.9. The predicted molar refractivity (Wildman–Crippen MR) is 116 cm³/mol. The van der Waals surface area contributed by atoms with Crippen molar-refractivity contribution in [1.82, 2.24) is 9.97 Å². The summed E-state index contributed by atoms with van der Waals surface area (Å²) in [4.78, 5) is 23.3. The molecule has 1 fully saturated rings. The topological polar surface area (TPSA) is 73.8 Å². The van der Waals surface area contributed by atoms with Gasteiger partial charge in [-0.25, -0.2) is 9.97 Å². The van der Waals surface area contributed by atoms with E-state index >= 15 is 0 Å². The van der Waals surface area contributed by atoms with Gasteiger partial charge in [0.15, 0.2) is 11.0 Å². The van der Waals surface area contributed by atoms with Crippen LogP contribution in [0, 0.1) is 18.8 Å². The Balaban J connectivity index is 0.00000204. The SMILES string of the molecule is CC.CCOC(=O)C1CCN(c2nc(CC(COC)COC)c(C)nc2Cl)CC1. The number of piperidine rings is 1. The number of aryl methyl sites for hydroxylation is 1. The molecule has 0 saturated carbocycles. The van der Waals surface area contributed by atoms with Crippen LogP contribution >= 0.6 is 11.6 Å². The molecule has 7 nitrogen and oxygen atoms in total. The summed E-state index contributed by atoms with van der Waals surface area (Å²) >= 11 is 6.39. The van der Waals surface area contributed by atoms with Crippen LogP contribution in [-0.2, 0) is 25.4 Å². The molecule has 29 heavy (non-hydrogen) atoms. The molecular weight excluding hydrogens is 394 g/mol. The van der Waals surface area contributed by atoms with Crippen LogP contribution in [0.15, 0.2) is 0 Å². The smallest absolute Gasteiger partial charge is 0.309 e. The highest BCUT2D eigenvalue weighted by molar-refractivity contribution is 6.31. The van der Waals surface area contributed by atoms with Crippen LogP contribution < -0.4 is 4.90 Å². The van der Waals surface area contributed by atoms with Gasteiger partial charge in [-0.3, -0.25) is 4.79 Å². The Bertz CT molecular complexity index is 616. The lowest BCUT2D eigenvalue weighted by Crippen LogP contribution is -2.38. The van der Waals surface area contributed by atoms with Gasteiger partial charge in [0, 0.05) is 33.2 Å². The first kappa shape index (κ1) is 25.6. The van der Waals surface area contributed by atoms with Crippen molar-refractivity contribution in [2.24, 2.45) is 11.8 Å². The number of aromatic nitrogens is 2. The number of nitrogens with zero attached hydrogens (tertiary/aromatic N) is 3. The van der Waals surface area contributed by atoms with Crippen molar-refractivity contribution < 1.29 is 19.0 Å². The van der Waals surface area contributed by atoms with Crippen LogP contribution in [0.2, 0.25) is 5.15 Å². The molecule has 2 heterocycles. The molecule has 0 aliphatic carbocycles. The summed E-state index contributed by atoms with van der Waals surface area (Å²) in [6, 6.07) is 0. The molecule has 1 aromatic heterocycles. The van der Waals surface area contributed by atoms with Crippen molar-refractivity contribution in [2.75, 3.05) is 52.0 Å². The highest BCUT2D eigenvalue weighted by atomic mass is 35.5. The van der Waals surface area contributed by atoms with Gasteiger partial charge >= 0.3 is 5.97 Å². The number of hydrogen-bond donors (Lipinski definition) is 0. The first-order chi connectivity index (χ1) is 14.0. The fraction of sp³-hybridized carbons (Fsp3) is 0.762. The lowest BCUT2D eigenvalue weighted by molar-refractivity contribution is -0.148. The van der Waals surface area contributed by atoms with Gasteiger partial charge in [-0.05, 0) is 33.1 Å². The molecule has 1 saturated heterocycles. The van der Waals surface area contributed by atoms with Crippen molar-refractivity contribution in [3.63, 3.8) is 0 Å². The fourth-order valence-corrected chi connectivity index (χ4v) is 3.70. The van der Waals surface area contributed by atoms with E-state index in [4.69, 9.17) is 30.8 Å². The van der Waals surface area contributed by atoms with Crippen LogP contribution in [0.5, 0.6) is 0 Å². The summed E-state index contributed by atoms with van der Waals surface area (Å²) in [6.45, 7) is 10.8. The molecule has 0 unspecified atom stereocenters. The molecule has 1 aliphatic heterocycles. The number of methoxy groups -OCH3 is 2. The van der Waals surface area contributed by atoms with Crippen molar-refractivity contribution >= 4 is 23.4 Å². The zero-order valence-electron chi connectivity index (χ0n) is 18.7. The van der Waals surface area contributed by atoms with Gasteiger partial charge in [-0.1, -0.05) is 25.4 Å². The number of esters is 1. The Labute approximate surface area is 180 Å². The number of carbonyl (C=O) groups excluding carboxylic acids is 1. The first-order valence-corrected chi connectivity index (χ1v) is 10.8. The van der Waals surface area contributed by atoms with E-state index in [1.807, 2.05) is 27.7 Å². The lowest BCUT2D eigenvalue weighted by Gasteiger charge is -2.32. The molecule has 0 spiro atoms. The quantitative estimate of drug-likeness (QED) is 0.554. The molecule has 1 aromatic rings. The molecule has 0 N–H and O–H groups in total. The van der Waals surface area contributed by atoms with Crippen molar-refractivity contribution in [2.45, 2.75) is 47.0 Å². The van der Waals surface area contributed by atoms with Crippen LogP contribution in [0.1, 0.15) is 45.0 Å². The number of ether oxygens (including phenoxy) is 3. The van der Waals surface area contributed by atoms with Gasteiger partial charge in [0.1, 0.15) is 0 Å². The molecule has 0 amide bonds. The minimum atomic E-state index is -0.110. The molecule has 166 valence electrons. The maximum Gasteiger partial charge on any atom is 0.309 e. The van der Waals surface area contributed by atoms with Gasteiger partial charge in [0.2, 0.25) is 0 Å². The number of carbonyl (C=O) groups is 1. The third-order valence-corrected chi connectivity index (χ3v) is 5.06. The van der Waals surface area contributed by atoms with E-state index in [2.05, 4.69) is 9.88 Å².